The van der Waals surface area contributed by atoms with Gasteiger partial charge in [0.25, 0.3) is 5.91 Å². The summed E-state index contributed by atoms with van der Waals surface area (Å²) in [6.45, 7) is 0. The minimum Gasteiger partial charge on any atom is -0.469 e. The van der Waals surface area contributed by atoms with Crippen molar-refractivity contribution in [2.45, 2.75) is 25.3 Å². The third-order valence-electron chi connectivity index (χ3n) is 3.62. The number of furan rings is 1. The molecule has 2 aromatic rings. The first-order valence-electron chi connectivity index (χ1n) is 6.57. The largest absolute Gasteiger partial charge is 0.469 e. The van der Waals surface area contributed by atoms with Crippen LogP contribution < -0.4 is 11.1 Å². The van der Waals surface area contributed by atoms with Gasteiger partial charge in [-0.05, 0) is 37.1 Å². The van der Waals surface area contributed by atoms with E-state index in [1.165, 1.54) is 0 Å². The maximum atomic E-state index is 12.3. The molecule has 0 fully saturated rings. The Balaban J connectivity index is 1.81. The van der Waals surface area contributed by atoms with E-state index >= 15 is 0 Å². The van der Waals surface area contributed by atoms with Crippen molar-refractivity contribution in [3.05, 3.63) is 52.4 Å². The van der Waals surface area contributed by atoms with Crippen LogP contribution in [0.15, 0.2) is 34.9 Å². The van der Waals surface area contributed by atoms with Gasteiger partial charge in [0.15, 0.2) is 0 Å². The fourth-order valence-electron chi connectivity index (χ4n) is 2.61. The van der Waals surface area contributed by atoms with Crippen LogP contribution in [0.5, 0.6) is 0 Å². The summed E-state index contributed by atoms with van der Waals surface area (Å²) in [6.07, 6.45) is 4.51. The van der Waals surface area contributed by atoms with Crippen molar-refractivity contribution in [2.75, 3.05) is 5.73 Å². The van der Waals surface area contributed by atoms with Crippen LogP contribution in [0.4, 0.5) is 5.69 Å². The maximum Gasteiger partial charge on any atom is 0.253 e. The van der Waals surface area contributed by atoms with Crippen LogP contribution in [0.25, 0.3) is 0 Å². The van der Waals surface area contributed by atoms with Crippen LogP contribution in [-0.2, 0) is 6.42 Å². The Morgan fingerprint density at radius 1 is 1.40 bits per heavy atom. The molecule has 0 radical (unpaired) electrons. The Labute approximate surface area is 121 Å². The Morgan fingerprint density at radius 2 is 2.25 bits per heavy atom. The molecule has 1 unspecified atom stereocenters. The van der Waals surface area contributed by atoms with Crippen molar-refractivity contribution in [3.8, 4) is 0 Å². The molecule has 1 aliphatic carbocycles. The highest BCUT2D eigenvalue weighted by Gasteiger charge is 2.24. The van der Waals surface area contributed by atoms with Gasteiger partial charge in [0.05, 0.1) is 17.9 Å². The van der Waals surface area contributed by atoms with Gasteiger partial charge in [-0.1, -0.05) is 11.6 Å². The summed E-state index contributed by atoms with van der Waals surface area (Å²) >= 11 is 5.84. The maximum absolute atomic E-state index is 12.3. The van der Waals surface area contributed by atoms with Gasteiger partial charge in [0, 0.05) is 22.7 Å². The average molecular weight is 291 g/mol. The smallest absolute Gasteiger partial charge is 0.253 e. The Morgan fingerprint density at radius 3 is 3.05 bits per heavy atom. The lowest BCUT2D eigenvalue weighted by atomic mass is 9.93. The molecule has 1 aliphatic rings. The monoisotopic (exact) mass is 290 g/mol. The number of rotatable bonds is 2. The molecule has 4 nitrogen and oxygen atoms in total. The van der Waals surface area contributed by atoms with E-state index in [2.05, 4.69) is 5.32 Å². The molecule has 1 aromatic heterocycles. The van der Waals surface area contributed by atoms with Crippen molar-refractivity contribution in [1.29, 1.82) is 0 Å². The molecule has 20 heavy (non-hydrogen) atoms. The number of nitrogens with two attached hydrogens (primary N) is 1. The van der Waals surface area contributed by atoms with E-state index < -0.39 is 0 Å². The Bertz CT molecular complexity index is 651. The number of benzene rings is 1. The molecular weight excluding hydrogens is 276 g/mol. The third-order valence-corrected chi connectivity index (χ3v) is 3.85. The summed E-state index contributed by atoms with van der Waals surface area (Å²) in [6, 6.07) is 6.80. The molecule has 1 heterocycles. The second kappa shape index (κ2) is 5.21. The minimum atomic E-state index is -0.182. The summed E-state index contributed by atoms with van der Waals surface area (Å²) < 4.78 is 5.42. The van der Waals surface area contributed by atoms with E-state index in [4.69, 9.17) is 21.8 Å². The first kappa shape index (κ1) is 13.1. The van der Waals surface area contributed by atoms with E-state index in [9.17, 15) is 4.79 Å². The van der Waals surface area contributed by atoms with Gasteiger partial charge >= 0.3 is 0 Å². The van der Waals surface area contributed by atoms with Gasteiger partial charge in [0.1, 0.15) is 5.76 Å². The lowest BCUT2D eigenvalue weighted by Gasteiger charge is -2.23. The van der Waals surface area contributed by atoms with Gasteiger partial charge in [0.2, 0.25) is 0 Å². The van der Waals surface area contributed by atoms with Crippen LogP contribution in [0.2, 0.25) is 5.02 Å². The lowest BCUT2D eigenvalue weighted by Crippen LogP contribution is -2.31. The molecule has 5 heteroatoms. The summed E-state index contributed by atoms with van der Waals surface area (Å²) in [7, 11) is 0. The van der Waals surface area contributed by atoms with Crippen LogP contribution in [0, 0.1) is 0 Å². The third kappa shape index (κ3) is 2.39. The number of hydrogen-bond donors (Lipinski definition) is 2. The topological polar surface area (TPSA) is 68.3 Å². The SMILES string of the molecule is Nc1cc(Cl)ccc1C(=O)NC1CCCc2occc21. The zero-order valence-electron chi connectivity index (χ0n) is 10.9. The summed E-state index contributed by atoms with van der Waals surface area (Å²) in [5.74, 6) is 0.781. The normalized spacial score (nSPS) is 17.6. The summed E-state index contributed by atoms with van der Waals surface area (Å²) in [4.78, 5) is 12.3. The lowest BCUT2D eigenvalue weighted by molar-refractivity contribution is 0.0933. The number of aryl methyl sites for hydroxylation is 1. The van der Waals surface area contributed by atoms with E-state index in [1.54, 1.807) is 24.5 Å². The van der Waals surface area contributed by atoms with E-state index in [0.29, 0.717) is 16.3 Å². The standard InChI is InChI=1S/C15H15ClN2O2/c16-9-4-5-10(12(17)8-9)15(19)18-13-2-1-3-14-11(13)6-7-20-14/h4-8,13H,1-3,17H2,(H,18,19). The molecular formula is C15H15ClN2O2. The molecule has 104 valence electrons. The fourth-order valence-corrected chi connectivity index (χ4v) is 2.79. The summed E-state index contributed by atoms with van der Waals surface area (Å²) in [5, 5.41) is 3.54. The van der Waals surface area contributed by atoms with Gasteiger partial charge < -0.3 is 15.5 Å². The second-order valence-electron chi connectivity index (χ2n) is 4.95. The zero-order valence-corrected chi connectivity index (χ0v) is 11.6. The highest BCUT2D eigenvalue weighted by atomic mass is 35.5. The number of hydrogen-bond acceptors (Lipinski definition) is 3. The molecule has 0 bridgehead atoms. The van der Waals surface area contributed by atoms with Crippen molar-refractivity contribution in [3.63, 3.8) is 0 Å². The van der Waals surface area contributed by atoms with Crippen LogP contribution in [-0.4, -0.2) is 5.91 Å². The number of anilines is 1. The van der Waals surface area contributed by atoms with E-state index in [1.807, 2.05) is 6.07 Å². The van der Waals surface area contributed by atoms with Gasteiger partial charge in [-0.15, -0.1) is 0 Å². The molecule has 0 saturated carbocycles. The number of amides is 1. The fraction of sp³-hybridized carbons (Fsp3) is 0.267. The van der Waals surface area contributed by atoms with E-state index in [-0.39, 0.29) is 11.9 Å². The molecule has 1 aromatic carbocycles. The Kier molecular flexibility index (Phi) is 3.40. The number of halogens is 1. The van der Waals surface area contributed by atoms with Crippen molar-refractivity contribution in [1.82, 2.24) is 5.32 Å². The zero-order chi connectivity index (χ0) is 14.1. The molecule has 0 aliphatic heterocycles. The molecule has 0 saturated heterocycles. The summed E-state index contributed by atoms with van der Waals surface area (Å²) in [5.41, 5.74) is 7.74. The Hall–Kier alpha value is -1.94. The van der Waals surface area contributed by atoms with E-state index in [0.717, 1.165) is 30.6 Å². The van der Waals surface area contributed by atoms with Crippen molar-refractivity contribution >= 4 is 23.2 Å². The number of carbonyl (C=O) groups is 1. The predicted molar refractivity (Wildman–Crippen MR) is 77.7 cm³/mol. The number of carbonyl (C=O) groups excluding carboxylic acids is 1. The first-order chi connectivity index (χ1) is 9.65. The minimum absolute atomic E-state index is 0.0138. The molecule has 0 spiro atoms. The highest BCUT2D eigenvalue weighted by molar-refractivity contribution is 6.31. The second-order valence-corrected chi connectivity index (χ2v) is 5.39. The average Bonchev–Trinajstić information content (AvgIpc) is 2.87. The molecule has 3 N–H and O–H groups in total. The molecule has 1 atom stereocenters. The van der Waals surface area contributed by atoms with Crippen molar-refractivity contribution in [2.24, 2.45) is 0 Å². The van der Waals surface area contributed by atoms with Gasteiger partial charge in [-0.3, -0.25) is 4.79 Å². The van der Waals surface area contributed by atoms with Gasteiger partial charge in [-0.2, -0.15) is 0 Å². The van der Waals surface area contributed by atoms with Crippen LogP contribution in [0.3, 0.4) is 0 Å². The van der Waals surface area contributed by atoms with Crippen LogP contribution >= 0.6 is 11.6 Å². The predicted octanol–water partition coefficient (Wildman–Crippen LogP) is 3.32. The molecule has 3 rings (SSSR count). The number of nitrogens with one attached hydrogen (secondary N) is 1. The molecule has 1 amide bonds. The first-order valence-corrected chi connectivity index (χ1v) is 6.95. The number of fused-ring (bicyclic) bond motifs is 1. The number of nitrogen functional groups attached to an aromatic ring is 1. The quantitative estimate of drug-likeness (QED) is 0.834. The highest BCUT2D eigenvalue weighted by Crippen LogP contribution is 2.31. The van der Waals surface area contributed by atoms with Gasteiger partial charge in [-0.25, -0.2) is 0 Å². The van der Waals surface area contributed by atoms with Crippen molar-refractivity contribution < 1.29 is 9.21 Å². The van der Waals surface area contributed by atoms with Crippen LogP contribution in [0.1, 0.15) is 40.6 Å².